The maximum absolute atomic E-state index is 12.1. The second-order valence-electron chi connectivity index (χ2n) is 10.7. The molecule has 0 atom stereocenters. The zero-order valence-corrected chi connectivity index (χ0v) is 22.7. The SMILES string of the molecule is CCOC(=O)Cc1cc(C)ccc1OCc1nn(C(C)C)c2ccc(B3OC(C)(C)C(C)(C)O3)cc12. The van der Waals surface area contributed by atoms with Crippen LogP contribution in [0.1, 0.15) is 71.3 Å². The number of rotatable bonds is 8. The van der Waals surface area contributed by atoms with Gasteiger partial charge in [-0.2, -0.15) is 5.10 Å². The minimum atomic E-state index is -0.455. The summed E-state index contributed by atoms with van der Waals surface area (Å²) in [4.78, 5) is 12.1. The number of fused-ring (bicyclic) bond motifs is 1. The van der Waals surface area contributed by atoms with Gasteiger partial charge in [0.15, 0.2) is 0 Å². The molecule has 0 saturated carbocycles. The minimum Gasteiger partial charge on any atom is -0.487 e. The molecule has 0 spiro atoms. The van der Waals surface area contributed by atoms with Gasteiger partial charge < -0.3 is 18.8 Å². The molecular formula is C28H37BN2O5. The summed E-state index contributed by atoms with van der Waals surface area (Å²) in [5, 5.41) is 5.88. The lowest BCUT2D eigenvalue weighted by Crippen LogP contribution is -2.41. The van der Waals surface area contributed by atoms with Gasteiger partial charge in [0.25, 0.3) is 0 Å². The van der Waals surface area contributed by atoms with E-state index in [0.29, 0.717) is 12.4 Å². The molecule has 1 aromatic heterocycles. The van der Waals surface area contributed by atoms with Crippen LogP contribution in [0, 0.1) is 6.92 Å². The van der Waals surface area contributed by atoms with E-state index in [2.05, 4.69) is 53.7 Å². The van der Waals surface area contributed by atoms with Gasteiger partial charge in [-0.1, -0.05) is 29.8 Å². The second kappa shape index (κ2) is 9.90. The van der Waals surface area contributed by atoms with E-state index in [9.17, 15) is 4.79 Å². The second-order valence-corrected chi connectivity index (χ2v) is 10.7. The Hall–Kier alpha value is -2.84. The van der Waals surface area contributed by atoms with Gasteiger partial charge in [-0.15, -0.1) is 0 Å². The molecule has 0 aliphatic carbocycles. The Morgan fingerprint density at radius 3 is 2.42 bits per heavy atom. The third-order valence-electron chi connectivity index (χ3n) is 7.04. The van der Waals surface area contributed by atoms with Crippen molar-refractivity contribution in [3.05, 3.63) is 53.2 Å². The number of aromatic nitrogens is 2. The van der Waals surface area contributed by atoms with Crippen LogP contribution in [0.25, 0.3) is 10.9 Å². The normalized spacial score (nSPS) is 16.6. The number of ether oxygens (including phenoxy) is 2. The monoisotopic (exact) mass is 492 g/mol. The van der Waals surface area contributed by atoms with Crippen LogP contribution >= 0.6 is 0 Å². The predicted octanol–water partition coefficient (Wildman–Crippen LogP) is 4.91. The third-order valence-corrected chi connectivity index (χ3v) is 7.04. The standard InChI is InChI=1S/C28H37BN2O5/c1-9-33-26(32)15-20-14-19(4)10-13-25(20)34-17-23-22-16-21(11-12-24(22)31(30-23)18(2)3)29-35-27(5,6)28(7,8)36-29/h10-14,16,18H,9,15,17H2,1-8H3. The summed E-state index contributed by atoms with van der Waals surface area (Å²) in [7, 11) is -0.455. The molecule has 2 aromatic carbocycles. The Morgan fingerprint density at radius 2 is 1.78 bits per heavy atom. The number of esters is 1. The van der Waals surface area contributed by atoms with Gasteiger partial charge in [-0.05, 0) is 73.0 Å². The lowest BCUT2D eigenvalue weighted by molar-refractivity contribution is -0.142. The van der Waals surface area contributed by atoms with Gasteiger partial charge in [0.1, 0.15) is 18.1 Å². The Morgan fingerprint density at radius 1 is 1.08 bits per heavy atom. The number of aryl methyl sites for hydroxylation is 1. The highest BCUT2D eigenvalue weighted by molar-refractivity contribution is 6.62. The van der Waals surface area contributed by atoms with Gasteiger partial charge in [-0.3, -0.25) is 9.48 Å². The molecule has 0 radical (unpaired) electrons. The molecule has 36 heavy (non-hydrogen) atoms. The number of hydrogen-bond donors (Lipinski definition) is 0. The first-order valence-corrected chi connectivity index (χ1v) is 12.7. The molecule has 0 unspecified atom stereocenters. The third kappa shape index (κ3) is 5.16. The Balaban J connectivity index is 1.65. The van der Waals surface area contributed by atoms with Gasteiger partial charge in [0.05, 0.1) is 29.7 Å². The molecule has 1 fully saturated rings. The summed E-state index contributed by atoms with van der Waals surface area (Å²) >= 11 is 0. The largest absolute Gasteiger partial charge is 0.494 e. The first-order valence-electron chi connectivity index (χ1n) is 12.7. The number of nitrogens with zero attached hydrogens (tertiary/aromatic N) is 2. The van der Waals surface area contributed by atoms with E-state index < -0.39 is 18.3 Å². The minimum absolute atomic E-state index is 0.165. The molecule has 0 N–H and O–H groups in total. The molecule has 0 bridgehead atoms. The summed E-state index contributed by atoms with van der Waals surface area (Å²) in [5.74, 6) is 0.387. The van der Waals surface area contributed by atoms with Gasteiger partial charge >= 0.3 is 13.1 Å². The summed E-state index contributed by atoms with van der Waals surface area (Å²) in [6, 6.07) is 12.2. The van der Waals surface area contributed by atoms with Crippen LogP contribution in [-0.4, -0.2) is 40.7 Å². The van der Waals surface area contributed by atoms with Crippen molar-refractivity contribution in [2.24, 2.45) is 0 Å². The fourth-order valence-corrected chi connectivity index (χ4v) is 4.35. The molecular weight excluding hydrogens is 455 g/mol. The van der Waals surface area contributed by atoms with E-state index >= 15 is 0 Å². The number of carbonyl (C=O) groups is 1. The van der Waals surface area contributed by atoms with Crippen molar-refractivity contribution in [3.63, 3.8) is 0 Å². The Kier molecular flexibility index (Phi) is 7.22. The highest BCUT2D eigenvalue weighted by Crippen LogP contribution is 2.37. The molecule has 1 aliphatic rings. The average molecular weight is 492 g/mol. The zero-order valence-electron chi connectivity index (χ0n) is 22.7. The molecule has 2 heterocycles. The highest BCUT2D eigenvalue weighted by atomic mass is 16.7. The Labute approximate surface area is 214 Å². The fraction of sp³-hybridized carbons (Fsp3) is 0.500. The van der Waals surface area contributed by atoms with Crippen molar-refractivity contribution in [1.29, 1.82) is 0 Å². The maximum Gasteiger partial charge on any atom is 0.494 e. The van der Waals surface area contributed by atoms with E-state index in [4.69, 9.17) is 23.9 Å². The zero-order chi connectivity index (χ0) is 26.3. The van der Waals surface area contributed by atoms with Crippen LogP contribution in [0.4, 0.5) is 0 Å². The smallest absolute Gasteiger partial charge is 0.487 e. The van der Waals surface area contributed by atoms with E-state index in [0.717, 1.165) is 33.2 Å². The fourth-order valence-electron chi connectivity index (χ4n) is 4.35. The van der Waals surface area contributed by atoms with Gasteiger partial charge in [0.2, 0.25) is 0 Å². The van der Waals surface area contributed by atoms with Crippen LogP contribution in [0.3, 0.4) is 0 Å². The van der Waals surface area contributed by atoms with Crippen molar-refractivity contribution in [1.82, 2.24) is 9.78 Å². The topological polar surface area (TPSA) is 71.8 Å². The molecule has 4 rings (SSSR count). The number of carbonyl (C=O) groups excluding carboxylic acids is 1. The van der Waals surface area contributed by atoms with Crippen molar-refractivity contribution in [3.8, 4) is 5.75 Å². The summed E-state index contributed by atoms with van der Waals surface area (Å²) in [6.07, 6.45) is 0.165. The van der Waals surface area contributed by atoms with Crippen LogP contribution in [0.2, 0.25) is 0 Å². The first-order chi connectivity index (χ1) is 16.9. The molecule has 1 saturated heterocycles. The van der Waals surface area contributed by atoms with E-state index in [1.165, 1.54) is 0 Å². The molecule has 1 aliphatic heterocycles. The predicted molar refractivity (Wildman–Crippen MR) is 142 cm³/mol. The Bertz CT molecular complexity index is 1250. The quantitative estimate of drug-likeness (QED) is 0.329. The van der Waals surface area contributed by atoms with Crippen LogP contribution < -0.4 is 10.2 Å². The molecule has 3 aromatic rings. The van der Waals surface area contributed by atoms with Crippen molar-refractivity contribution in [2.75, 3.05) is 6.61 Å². The molecule has 8 heteroatoms. The molecule has 192 valence electrons. The van der Waals surface area contributed by atoms with Crippen molar-refractivity contribution < 1.29 is 23.6 Å². The van der Waals surface area contributed by atoms with Crippen molar-refractivity contribution >= 4 is 29.5 Å². The van der Waals surface area contributed by atoms with E-state index in [1.807, 2.05) is 35.9 Å². The maximum atomic E-state index is 12.1. The van der Waals surface area contributed by atoms with Crippen LogP contribution in [0.15, 0.2) is 36.4 Å². The number of hydrogen-bond acceptors (Lipinski definition) is 6. The summed E-state index contributed by atoms with van der Waals surface area (Å²) < 4.78 is 26.0. The lowest BCUT2D eigenvalue weighted by Gasteiger charge is -2.32. The summed E-state index contributed by atoms with van der Waals surface area (Å²) in [6.45, 7) is 16.8. The summed E-state index contributed by atoms with van der Waals surface area (Å²) in [5.41, 5.74) is 3.83. The van der Waals surface area contributed by atoms with Gasteiger partial charge in [0, 0.05) is 17.0 Å². The van der Waals surface area contributed by atoms with E-state index in [-0.39, 0.29) is 25.0 Å². The van der Waals surface area contributed by atoms with E-state index in [1.54, 1.807) is 6.92 Å². The molecule has 7 nitrogen and oxygen atoms in total. The van der Waals surface area contributed by atoms with Gasteiger partial charge in [-0.25, -0.2) is 0 Å². The van der Waals surface area contributed by atoms with Crippen LogP contribution in [-0.2, 0) is 31.9 Å². The van der Waals surface area contributed by atoms with Crippen molar-refractivity contribution in [2.45, 2.75) is 85.7 Å². The molecule has 0 amide bonds. The number of benzene rings is 2. The highest BCUT2D eigenvalue weighted by Gasteiger charge is 2.51. The van der Waals surface area contributed by atoms with Crippen LogP contribution in [0.5, 0.6) is 5.75 Å². The first kappa shape index (κ1) is 26.2. The average Bonchev–Trinajstić information content (AvgIpc) is 3.26. The lowest BCUT2D eigenvalue weighted by atomic mass is 9.78.